The van der Waals surface area contributed by atoms with E-state index >= 15 is 0 Å². The second-order valence-corrected chi connectivity index (χ2v) is 8.67. The van der Waals surface area contributed by atoms with Gasteiger partial charge in [-0.3, -0.25) is 9.69 Å². The summed E-state index contributed by atoms with van der Waals surface area (Å²) in [6, 6.07) is 9.38. The average molecular weight is 420 g/mol. The summed E-state index contributed by atoms with van der Waals surface area (Å²) in [6.45, 7) is 11.3. The van der Waals surface area contributed by atoms with Gasteiger partial charge in [0.05, 0.1) is 25.4 Å². The number of benzene rings is 1. The first-order valence-electron chi connectivity index (χ1n) is 10.1. The molecule has 0 bridgehead atoms. The highest BCUT2D eigenvalue weighted by molar-refractivity contribution is 5.70. The maximum Gasteiger partial charge on any atom is 0.413 e. The van der Waals surface area contributed by atoms with Gasteiger partial charge in [-0.2, -0.15) is 0 Å². The first-order chi connectivity index (χ1) is 14.0. The Bertz CT molecular complexity index is 738. The van der Waals surface area contributed by atoms with E-state index in [0.29, 0.717) is 13.2 Å². The number of amides is 1. The summed E-state index contributed by atoms with van der Waals surface area (Å²) in [5.74, 6) is -0.359. The van der Waals surface area contributed by atoms with E-state index in [1.165, 1.54) is 6.92 Å². The van der Waals surface area contributed by atoms with Crippen LogP contribution in [-0.2, 0) is 30.3 Å². The molecule has 1 aliphatic heterocycles. The second-order valence-electron chi connectivity index (χ2n) is 8.67. The molecule has 7 heteroatoms. The highest BCUT2D eigenvalue weighted by Gasteiger charge is 2.48. The normalized spacial score (nSPS) is 19.7. The van der Waals surface area contributed by atoms with Crippen molar-refractivity contribution in [2.75, 3.05) is 13.2 Å². The molecule has 166 valence electrons. The Morgan fingerprint density at radius 1 is 1.27 bits per heavy atom. The van der Waals surface area contributed by atoms with E-state index in [-0.39, 0.29) is 12.6 Å². The molecular formula is C23H33NO6. The van der Waals surface area contributed by atoms with Crippen LogP contribution in [0.3, 0.4) is 0 Å². The largest absolute Gasteiger partial charge is 0.462 e. The lowest BCUT2D eigenvalue weighted by Gasteiger charge is -2.37. The van der Waals surface area contributed by atoms with Crippen LogP contribution >= 0.6 is 0 Å². The summed E-state index contributed by atoms with van der Waals surface area (Å²) in [5.41, 5.74) is -0.463. The van der Waals surface area contributed by atoms with Crippen LogP contribution in [0.1, 0.15) is 47.1 Å². The van der Waals surface area contributed by atoms with Crippen molar-refractivity contribution < 1.29 is 28.5 Å². The van der Waals surface area contributed by atoms with Crippen molar-refractivity contribution in [1.82, 2.24) is 4.90 Å². The molecule has 1 aliphatic rings. The highest BCUT2D eigenvalue weighted by atomic mass is 16.6. The zero-order valence-electron chi connectivity index (χ0n) is 18.7. The summed E-state index contributed by atoms with van der Waals surface area (Å²) in [4.78, 5) is 25.6. The molecule has 1 saturated heterocycles. The van der Waals surface area contributed by atoms with Crippen molar-refractivity contribution in [2.24, 2.45) is 0 Å². The first kappa shape index (κ1) is 23.9. The molecule has 1 heterocycles. The minimum atomic E-state index is -0.842. The van der Waals surface area contributed by atoms with Gasteiger partial charge >= 0.3 is 12.1 Å². The Labute approximate surface area is 178 Å². The fourth-order valence-corrected chi connectivity index (χ4v) is 3.16. The Morgan fingerprint density at radius 3 is 2.53 bits per heavy atom. The van der Waals surface area contributed by atoms with Crippen molar-refractivity contribution in [3.63, 3.8) is 0 Å². The Hall–Kier alpha value is -2.38. The van der Waals surface area contributed by atoms with Crippen LogP contribution in [0.15, 0.2) is 42.5 Å². The molecule has 1 amide bonds. The summed E-state index contributed by atoms with van der Waals surface area (Å²) < 4.78 is 22.7. The van der Waals surface area contributed by atoms with E-state index < -0.39 is 29.6 Å². The van der Waals surface area contributed by atoms with Crippen molar-refractivity contribution in [3.8, 4) is 0 Å². The summed E-state index contributed by atoms with van der Waals surface area (Å²) in [6.07, 6.45) is 2.58. The van der Waals surface area contributed by atoms with Crippen LogP contribution in [0.5, 0.6) is 0 Å². The molecule has 0 unspecified atom stereocenters. The minimum Gasteiger partial charge on any atom is -0.462 e. The topological polar surface area (TPSA) is 74.3 Å². The van der Waals surface area contributed by atoms with Crippen LogP contribution in [0.25, 0.3) is 0 Å². The number of rotatable bonds is 7. The number of hydrogen-bond donors (Lipinski definition) is 0. The van der Waals surface area contributed by atoms with Gasteiger partial charge in [-0.15, -0.1) is 0 Å². The van der Waals surface area contributed by atoms with E-state index in [0.717, 1.165) is 5.56 Å². The van der Waals surface area contributed by atoms with Gasteiger partial charge < -0.3 is 18.9 Å². The van der Waals surface area contributed by atoms with Crippen molar-refractivity contribution >= 4 is 12.1 Å². The molecule has 2 atom stereocenters. The molecule has 30 heavy (non-hydrogen) atoms. The van der Waals surface area contributed by atoms with E-state index in [1.54, 1.807) is 17.1 Å². The van der Waals surface area contributed by atoms with Crippen molar-refractivity contribution in [3.05, 3.63) is 48.0 Å². The SMILES string of the molecule is CC(=O)OC/C=C\[C@H](OCc1ccccc1)[C@@H]1COC(C)(C)N1C(=O)OC(C)(C)C. The van der Waals surface area contributed by atoms with Gasteiger partial charge in [-0.05, 0) is 46.3 Å². The van der Waals surface area contributed by atoms with E-state index in [1.807, 2.05) is 65.0 Å². The average Bonchev–Trinajstić information content (AvgIpc) is 2.95. The molecule has 1 fully saturated rings. The predicted molar refractivity (Wildman–Crippen MR) is 113 cm³/mol. The number of carbonyl (C=O) groups is 2. The number of ether oxygens (including phenoxy) is 4. The van der Waals surface area contributed by atoms with Gasteiger partial charge in [-0.25, -0.2) is 4.79 Å². The molecule has 7 nitrogen and oxygen atoms in total. The third kappa shape index (κ3) is 7.15. The standard InChI is InChI=1S/C23H33NO6/c1-17(25)27-14-10-13-20(28-15-18-11-8-7-9-12-18)19-16-29-23(5,6)24(19)21(26)30-22(2,3)4/h7-13,19-20H,14-16H2,1-6H3/b13-10-/t19-,20-/m0/s1. The van der Waals surface area contributed by atoms with E-state index in [2.05, 4.69) is 0 Å². The lowest BCUT2D eigenvalue weighted by atomic mass is 10.1. The number of carbonyl (C=O) groups excluding carboxylic acids is 2. The van der Waals surface area contributed by atoms with Crippen LogP contribution in [0, 0.1) is 0 Å². The molecule has 0 spiro atoms. The molecule has 0 N–H and O–H groups in total. The van der Waals surface area contributed by atoms with Crippen LogP contribution in [0.4, 0.5) is 4.79 Å². The third-order valence-electron chi connectivity index (χ3n) is 4.48. The fourth-order valence-electron chi connectivity index (χ4n) is 3.16. The number of nitrogens with zero attached hydrogens (tertiary/aromatic N) is 1. The quantitative estimate of drug-likeness (QED) is 0.490. The molecule has 0 saturated carbocycles. The Kier molecular flexibility index (Phi) is 8.03. The summed E-state index contributed by atoms with van der Waals surface area (Å²) in [7, 11) is 0. The number of esters is 1. The van der Waals surface area contributed by atoms with Gasteiger partial charge in [0.15, 0.2) is 0 Å². The van der Waals surface area contributed by atoms with Gasteiger partial charge in [0, 0.05) is 6.92 Å². The lowest BCUT2D eigenvalue weighted by Crippen LogP contribution is -2.53. The van der Waals surface area contributed by atoms with Crippen LogP contribution < -0.4 is 0 Å². The van der Waals surface area contributed by atoms with E-state index in [4.69, 9.17) is 18.9 Å². The monoisotopic (exact) mass is 419 g/mol. The molecule has 0 radical (unpaired) electrons. The molecule has 0 aromatic heterocycles. The van der Waals surface area contributed by atoms with E-state index in [9.17, 15) is 9.59 Å². The zero-order chi connectivity index (χ0) is 22.4. The smallest absolute Gasteiger partial charge is 0.413 e. The lowest BCUT2D eigenvalue weighted by molar-refractivity contribution is -0.139. The Balaban J connectivity index is 2.22. The third-order valence-corrected chi connectivity index (χ3v) is 4.48. The van der Waals surface area contributed by atoms with Gasteiger partial charge in [0.1, 0.15) is 17.9 Å². The minimum absolute atomic E-state index is 0.129. The Morgan fingerprint density at radius 2 is 1.93 bits per heavy atom. The van der Waals surface area contributed by atoms with Crippen LogP contribution in [-0.4, -0.2) is 53.6 Å². The molecular weight excluding hydrogens is 386 g/mol. The highest BCUT2D eigenvalue weighted by Crippen LogP contribution is 2.32. The number of hydrogen-bond acceptors (Lipinski definition) is 6. The molecule has 0 aliphatic carbocycles. The zero-order valence-corrected chi connectivity index (χ0v) is 18.7. The maximum atomic E-state index is 13.0. The molecule has 2 rings (SSSR count). The molecule has 1 aromatic rings. The predicted octanol–water partition coefficient (Wildman–Crippen LogP) is 4.06. The van der Waals surface area contributed by atoms with Gasteiger partial charge in [0.2, 0.25) is 0 Å². The van der Waals surface area contributed by atoms with Gasteiger partial charge in [-0.1, -0.05) is 36.4 Å². The second kappa shape index (κ2) is 10.1. The summed E-state index contributed by atoms with van der Waals surface area (Å²) in [5, 5.41) is 0. The maximum absolute atomic E-state index is 13.0. The van der Waals surface area contributed by atoms with Gasteiger partial charge in [0.25, 0.3) is 0 Å². The molecule has 1 aromatic carbocycles. The first-order valence-corrected chi connectivity index (χ1v) is 10.1. The van der Waals surface area contributed by atoms with Crippen molar-refractivity contribution in [1.29, 1.82) is 0 Å². The van der Waals surface area contributed by atoms with Crippen molar-refractivity contribution in [2.45, 2.75) is 71.6 Å². The van der Waals surface area contributed by atoms with Crippen LogP contribution in [0.2, 0.25) is 0 Å². The fraction of sp³-hybridized carbons (Fsp3) is 0.565. The summed E-state index contributed by atoms with van der Waals surface area (Å²) >= 11 is 0.